The number of benzene rings is 2. The monoisotopic (exact) mass is 498 g/mol. The molecule has 0 saturated heterocycles. The summed E-state index contributed by atoms with van der Waals surface area (Å²) in [6, 6.07) is 18.1. The Labute approximate surface area is 208 Å². The Balaban J connectivity index is 0.00000261. The van der Waals surface area contributed by atoms with Crippen LogP contribution in [0, 0.1) is 13.8 Å². The third-order valence-corrected chi connectivity index (χ3v) is 14.7. The Hall–Kier alpha value is -0.279. The molecule has 3 rings (SSSR count). The summed E-state index contributed by atoms with van der Waals surface area (Å²) >= 11 is 2.37. The second kappa shape index (κ2) is 10.4. The van der Waals surface area contributed by atoms with Crippen molar-refractivity contribution >= 4 is 18.4 Å². The Bertz CT molecular complexity index is 890. The molecule has 5 heteroatoms. The van der Waals surface area contributed by atoms with Gasteiger partial charge in [-0.25, -0.2) is 0 Å². The summed E-state index contributed by atoms with van der Waals surface area (Å²) in [5, 5.41) is 3.23. The van der Waals surface area contributed by atoms with E-state index in [2.05, 4.69) is 117 Å². The maximum atomic E-state index is 2.59. The Morgan fingerprint density at radius 1 is 0.724 bits per heavy atom. The van der Waals surface area contributed by atoms with Crippen LogP contribution in [-0.4, -0.2) is 8.07 Å². The van der Waals surface area contributed by atoms with Gasteiger partial charge in [-0.3, -0.25) is 0 Å². The zero-order chi connectivity index (χ0) is 19.3. The van der Waals surface area contributed by atoms with Crippen molar-refractivity contribution in [2.24, 2.45) is 0 Å². The number of hydrogen-bond acceptors (Lipinski definition) is 0. The van der Waals surface area contributed by atoms with Crippen LogP contribution in [0.3, 0.4) is 0 Å². The fourth-order valence-electron chi connectivity index (χ4n) is 5.09. The van der Waals surface area contributed by atoms with Crippen molar-refractivity contribution < 1.29 is 57.7 Å². The molecule has 2 unspecified atom stereocenters. The van der Waals surface area contributed by atoms with Gasteiger partial charge in [-0.05, 0) is 0 Å². The van der Waals surface area contributed by atoms with E-state index in [4.69, 9.17) is 0 Å². The number of hydrogen-bond donors (Lipinski definition) is 0. The first-order chi connectivity index (χ1) is 12.2. The van der Waals surface area contributed by atoms with Crippen LogP contribution in [0.2, 0.25) is 11.6 Å². The van der Waals surface area contributed by atoms with Crippen LogP contribution in [0.25, 0.3) is 0 Å². The van der Waals surface area contributed by atoms with Gasteiger partial charge in [-0.2, -0.15) is 0 Å². The van der Waals surface area contributed by atoms with E-state index in [1.54, 1.807) is 14.6 Å². The zero-order valence-electron chi connectivity index (χ0n) is 18.3. The molecule has 0 spiro atoms. The van der Waals surface area contributed by atoms with Gasteiger partial charge in [0.2, 0.25) is 0 Å². The van der Waals surface area contributed by atoms with Gasteiger partial charge < -0.3 is 37.2 Å². The van der Waals surface area contributed by atoms with E-state index < -0.39 is 8.07 Å². The predicted molar refractivity (Wildman–Crippen MR) is 113 cm³/mol. The number of aryl methyl sites for hydroxylation is 2. The van der Waals surface area contributed by atoms with Gasteiger partial charge in [0.25, 0.3) is 0 Å². The molecule has 0 aromatic heterocycles. The van der Waals surface area contributed by atoms with Crippen LogP contribution < -0.4 is 47.6 Å². The van der Waals surface area contributed by atoms with Gasteiger partial charge in [-0.1, -0.05) is 0 Å². The average molecular weight is 500 g/mol. The Kier molecular flexibility index (Phi) is 10.3. The topological polar surface area (TPSA) is 0 Å². The molecular weight excluding hydrogens is 471 g/mol. The van der Waals surface area contributed by atoms with Gasteiger partial charge in [0.1, 0.15) is 0 Å². The Morgan fingerprint density at radius 2 is 1.21 bits per heavy atom. The first-order valence-electron chi connectivity index (χ1n) is 9.40. The molecule has 2 aromatic rings. The van der Waals surface area contributed by atoms with E-state index in [1.165, 1.54) is 27.5 Å². The normalized spacial score (nSPS) is 20.4. The van der Waals surface area contributed by atoms with E-state index >= 15 is 0 Å². The molecule has 1 aliphatic carbocycles. The quantitative estimate of drug-likeness (QED) is 0.384. The minimum Gasteiger partial charge on any atom is -1.00 e. The summed E-state index contributed by atoms with van der Waals surface area (Å²) in [7, 11) is -2.11. The molecule has 0 bridgehead atoms. The van der Waals surface area contributed by atoms with E-state index in [0.717, 1.165) is 0 Å². The van der Waals surface area contributed by atoms with Crippen molar-refractivity contribution in [3.8, 4) is 0 Å². The number of halogens is 3. The third-order valence-electron chi connectivity index (χ3n) is 7.08. The molecule has 0 N–H and O–H groups in total. The van der Waals surface area contributed by atoms with E-state index in [9.17, 15) is 0 Å². The molecule has 0 radical (unpaired) electrons. The first-order valence-corrected chi connectivity index (χ1v) is 12.7. The second-order valence-corrected chi connectivity index (χ2v) is 13.2. The first kappa shape index (κ1) is 28.7. The van der Waals surface area contributed by atoms with E-state index in [-0.39, 0.29) is 42.3 Å². The molecule has 0 nitrogen and oxygen atoms in total. The fraction of sp³-hybridized carbons (Fsp3) is 0.333. The molecule has 0 heterocycles. The summed E-state index contributed by atoms with van der Waals surface area (Å²) in [5.74, 6) is 0. The molecule has 0 saturated carbocycles. The minimum absolute atomic E-state index is 0. The largest absolute Gasteiger partial charge is 1.00 e. The van der Waals surface area contributed by atoms with Crippen molar-refractivity contribution in [2.75, 3.05) is 0 Å². The molecule has 2 aromatic carbocycles. The van der Waals surface area contributed by atoms with E-state index in [0.29, 0.717) is 0 Å². The summed E-state index contributed by atoms with van der Waals surface area (Å²) in [6.45, 7) is 16.7. The van der Waals surface area contributed by atoms with Crippen molar-refractivity contribution in [3.63, 3.8) is 0 Å². The summed E-state index contributed by atoms with van der Waals surface area (Å²) in [6.07, 6.45) is 0. The van der Waals surface area contributed by atoms with Gasteiger partial charge in [0.05, 0.1) is 0 Å². The molecule has 0 aliphatic heterocycles. The smallest absolute Gasteiger partial charge is 1.00 e. The van der Waals surface area contributed by atoms with Gasteiger partial charge in [0.15, 0.2) is 0 Å². The fourth-order valence-corrected chi connectivity index (χ4v) is 12.4. The Morgan fingerprint density at radius 3 is 1.62 bits per heavy atom. The third kappa shape index (κ3) is 4.12. The van der Waals surface area contributed by atoms with Crippen LogP contribution in [0.1, 0.15) is 38.8 Å². The maximum Gasteiger partial charge on any atom is -1.00 e. The van der Waals surface area contributed by atoms with Gasteiger partial charge in [-0.15, -0.1) is 0 Å². The minimum atomic E-state index is -2.11. The summed E-state index contributed by atoms with van der Waals surface area (Å²) < 4.78 is 1.56. The summed E-state index contributed by atoms with van der Waals surface area (Å²) in [4.78, 5) is 0. The molecule has 0 fully saturated rings. The van der Waals surface area contributed by atoms with Crippen molar-refractivity contribution in [2.45, 2.75) is 53.1 Å². The van der Waals surface area contributed by atoms with Crippen LogP contribution >= 0.6 is 0 Å². The van der Waals surface area contributed by atoms with Gasteiger partial charge >= 0.3 is 172 Å². The standard InChI is InChI=1S/C24H29Si.3ClH.Ti/c1-17-12-11-13-18(2)23(17)25(7,22-14-9-8-10-15-22)24(6)16-19(3)20(4)21(24)5;;;;/h8-15H,1-7H3;3*1H;/q;;;;+3/p-3. The molecule has 1 aliphatic rings. The van der Waals surface area contributed by atoms with Crippen LogP contribution in [-0.2, 0) is 20.4 Å². The van der Waals surface area contributed by atoms with Crippen LogP contribution in [0.4, 0.5) is 0 Å². The molecule has 0 amide bonds. The van der Waals surface area contributed by atoms with Crippen molar-refractivity contribution in [1.82, 2.24) is 0 Å². The van der Waals surface area contributed by atoms with Crippen molar-refractivity contribution in [1.29, 1.82) is 0 Å². The van der Waals surface area contributed by atoms with Gasteiger partial charge in [0, 0.05) is 0 Å². The maximum absolute atomic E-state index is 2.59. The molecule has 2 atom stereocenters. The molecular formula is C24H29Cl3SiTi. The SMILES string of the molecule is CC1=C(C)C(C)([Si](C)(c2ccccc2)c2c(C)cccc2C)[C]([Ti+3])=C1C.[Cl-].[Cl-].[Cl-]. The summed E-state index contributed by atoms with van der Waals surface area (Å²) in [5.41, 5.74) is 7.42. The zero-order valence-corrected chi connectivity index (χ0v) is 23.1. The second-order valence-electron chi connectivity index (χ2n) is 8.13. The van der Waals surface area contributed by atoms with E-state index in [1.807, 2.05) is 0 Å². The predicted octanol–water partition coefficient (Wildman–Crippen LogP) is -3.56. The average Bonchev–Trinajstić information content (AvgIpc) is 2.78. The van der Waals surface area contributed by atoms with Crippen molar-refractivity contribution in [3.05, 3.63) is 80.3 Å². The molecule has 154 valence electrons. The van der Waals surface area contributed by atoms with Crippen LogP contribution in [0.15, 0.2) is 69.1 Å². The van der Waals surface area contributed by atoms with Crippen LogP contribution in [0.5, 0.6) is 0 Å². The molecule has 29 heavy (non-hydrogen) atoms. The number of rotatable bonds is 3. The number of allylic oxidation sites excluding steroid dienone is 4.